The van der Waals surface area contributed by atoms with Gasteiger partial charge in [0.25, 0.3) is 5.91 Å². The minimum absolute atomic E-state index is 0. The molecule has 0 aromatic heterocycles. The predicted molar refractivity (Wildman–Crippen MR) is 169 cm³/mol. The summed E-state index contributed by atoms with van der Waals surface area (Å²) in [6, 6.07) is 5.73. The van der Waals surface area contributed by atoms with E-state index in [0.29, 0.717) is 37.5 Å². The molecule has 242 valence electrons. The lowest BCUT2D eigenvalue weighted by molar-refractivity contribution is -0.135. The number of rotatable bonds is 19. The van der Waals surface area contributed by atoms with Gasteiger partial charge in [-0.2, -0.15) is 0 Å². The summed E-state index contributed by atoms with van der Waals surface area (Å²) in [6.45, 7) is 13.4. The molecular weight excluding hydrogens is 560 g/mol. The van der Waals surface area contributed by atoms with Crippen molar-refractivity contribution in [1.29, 1.82) is 0 Å². The van der Waals surface area contributed by atoms with Gasteiger partial charge in [0.05, 0.1) is 18.3 Å². The number of amides is 4. The zero-order valence-corrected chi connectivity index (χ0v) is 27.3. The zero-order chi connectivity index (χ0) is 31.1. The summed E-state index contributed by atoms with van der Waals surface area (Å²) in [5.74, 6) is -0.595. The van der Waals surface area contributed by atoms with Gasteiger partial charge >= 0.3 is 6.03 Å². The van der Waals surface area contributed by atoms with Gasteiger partial charge in [-0.1, -0.05) is 53.7 Å². The number of nitrogens with two attached hydrogens (primary N) is 2. The molecule has 11 heteroatoms. The van der Waals surface area contributed by atoms with Gasteiger partial charge in [0.2, 0.25) is 5.91 Å². The summed E-state index contributed by atoms with van der Waals surface area (Å²) in [4.78, 5) is 39.3. The SMILES string of the molecule is COCCCCOc1ccccc1C(=O)NCC(CC(N)C(O)CC(C(=O)N(CC(C)C)C(N)=O)C(C)C)C(C)C.Cl. The van der Waals surface area contributed by atoms with Crippen molar-refractivity contribution < 1.29 is 29.0 Å². The Bertz CT molecular complexity index is 946. The summed E-state index contributed by atoms with van der Waals surface area (Å²) in [5, 5.41) is 14.0. The maximum atomic E-state index is 13.2. The van der Waals surface area contributed by atoms with Crippen LogP contribution in [0.25, 0.3) is 0 Å². The molecule has 1 aromatic carbocycles. The molecule has 0 aliphatic heterocycles. The van der Waals surface area contributed by atoms with E-state index >= 15 is 0 Å². The number of methoxy groups -OCH3 is 1. The van der Waals surface area contributed by atoms with Crippen LogP contribution in [0.4, 0.5) is 4.79 Å². The fraction of sp³-hybridized carbons (Fsp3) is 0.710. The molecule has 4 amide bonds. The van der Waals surface area contributed by atoms with Gasteiger partial charge in [0.1, 0.15) is 5.75 Å². The van der Waals surface area contributed by atoms with Crippen LogP contribution in [-0.2, 0) is 9.53 Å². The van der Waals surface area contributed by atoms with E-state index in [1.165, 1.54) is 0 Å². The van der Waals surface area contributed by atoms with E-state index in [2.05, 4.69) is 5.32 Å². The summed E-state index contributed by atoms with van der Waals surface area (Å²) in [5.41, 5.74) is 12.4. The van der Waals surface area contributed by atoms with Gasteiger partial charge in [0, 0.05) is 38.8 Å². The summed E-state index contributed by atoms with van der Waals surface area (Å²) >= 11 is 0. The molecule has 0 fully saturated rings. The van der Waals surface area contributed by atoms with Crippen LogP contribution in [-0.4, -0.2) is 73.4 Å². The van der Waals surface area contributed by atoms with Crippen LogP contribution < -0.4 is 21.5 Å². The number of para-hydroxylation sites is 1. The smallest absolute Gasteiger partial charge is 0.321 e. The van der Waals surface area contributed by atoms with E-state index in [9.17, 15) is 19.5 Å². The fourth-order valence-electron chi connectivity index (χ4n) is 4.67. The van der Waals surface area contributed by atoms with E-state index in [-0.39, 0.29) is 60.9 Å². The third kappa shape index (κ3) is 13.7. The monoisotopic (exact) mass is 614 g/mol. The Hall–Kier alpha value is -2.40. The fourth-order valence-corrected chi connectivity index (χ4v) is 4.67. The first kappa shape index (κ1) is 39.6. The number of primary amides is 1. The van der Waals surface area contributed by atoms with Crippen LogP contribution in [0, 0.1) is 29.6 Å². The molecule has 0 bridgehead atoms. The number of aliphatic hydroxyl groups excluding tert-OH is 1. The van der Waals surface area contributed by atoms with E-state index in [1.54, 1.807) is 25.3 Å². The van der Waals surface area contributed by atoms with Gasteiger partial charge in [-0.25, -0.2) is 4.79 Å². The highest BCUT2D eigenvalue weighted by molar-refractivity contribution is 5.97. The molecule has 0 saturated carbocycles. The standard InChI is InChI=1S/C31H54N4O6.ClH/c1-20(2)19-35(31(33)39)30(38)25(22(5)6)17-27(36)26(32)16-23(21(3)4)18-34-29(37)24-12-8-9-13-28(24)41-15-11-10-14-40-7;/h8-9,12-13,20-23,25-27,36H,10-11,14-19,32H2,1-7H3,(H2,33,39)(H,34,37);1H. The molecular formula is C31H55ClN4O6. The third-order valence-corrected chi connectivity index (χ3v) is 7.37. The van der Waals surface area contributed by atoms with E-state index < -0.39 is 24.1 Å². The Morgan fingerprint density at radius 3 is 2.14 bits per heavy atom. The molecule has 0 spiro atoms. The van der Waals surface area contributed by atoms with E-state index in [1.807, 2.05) is 47.6 Å². The van der Waals surface area contributed by atoms with Crippen LogP contribution in [0.1, 0.15) is 77.6 Å². The largest absolute Gasteiger partial charge is 0.493 e. The number of halogens is 1. The molecule has 4 atom stereocenters. The average Bonchev–Trinajstić information content (AvgIpc) is 2.91. The number of benzene rings is 1. The van der Waals surface area contributed by atoms with Crippen molar-refractivity contribution in [2.45, 2.75) is 79.4 Å². The van der Waals surface area contributed by atoms with Crippen molar-refractivity contribution in [3.8, 4) is 5.75 Å². The van der Waals surface area contributed by atoms with Crippen molar-refractivity contribution >= 4 is 30.3 Å². The van der Waals surface area contributed by atoms with Gasteiger partial charge in [-0.05, 0) is 61.5 Å². The molecule has 0 aliphatic carbocycles. The number of nitrogens with one attached hydrogen (secondary N) is 1. The Kier molecular flexibility index (Phi) is 19.3. The lowest BCUT2D eigenvalue weighted by Crippen LogP contribution is -2.49. The van der Waals surface area contributed by atoms with Crippen LogP contribution in [0.15, 0.2) is 24.3 Å². The second kappa shape index (κ2) is 20.5. The first-order valence-electron chi connectivity index (χ1n) is 14.8. The number of aliphatic hydroxyl groups is 1. The number of hydrogen-bond donors (Lipinski definition) is 4. The molecule has 42 heavy (non-hydrogen) atoms. The molecule has 4 unspecified atom stereocenters. The minimum Gasteiger partial charge on any atom is -0.493 e. The quantitative estimate of drug-likeness (QED) is 0.170. The molecule has 6 N–H and O–H groups in total. The number of carbonyl (C=O) groups excluding carboxylic acids is 3. The van der Waals surface area contributed by atoms with Gasteiger partial charge in [-0.3, -0.25) is 14.5 Å². The lowest BCUT2D eigenvalue weighted by atomic mass is 9.83. The lowest BCUT2D eigenvalue weighted by Gasteiger charge is -2.32. The van der Waals surface area contributed by atoms with Crippen molar-refractivity contribution in [2.75, 3.05) is 33.4 Å². The maximum Gasteiger partial charge on any atom is 0.321 e. The topological polar surface area (TPSA) is 157 Å². The predicted octanol–water partition coefficient (Wildman–Crippen LogP) is 4.22. The van der Waals surface area contributed by atoms with Crippen molar-refractivity contribution in [3.05, 3.63) is 29.8 Å². The first-order chi connectivity index (χ1) is 19.3. The maximum absolute atomic E-state index is 13.2. The number of unbranched alkanes of at least 4 members (excludes halogenated alkanes) is 1. The van der Waals surface area contributed by atoms with Crippen LogP contribution in [0.5, 0.6) is 5.75 Å². The number of urea groups is 1. The van der Waals surface area contributed by atoms with E-state index in [0.717, 1.165) is 17.7 Å². The molecule has 0 aliphatic rings. The molecule has 0 radical (unpaired) electrons. The highest BCUT2D eigenvalue weighted by Gasteiger charge is 2.34. The summed E-state index contributed by atoms with van der Waals surface area (Å²) in [7, 11) is 1.66. The van der Waals surface area contributed by atoms with Crippen LogP contribution >= 0.6 is 12.4 Å². The molecule has 1 rings (SSSR count). The molecule has 1 aromatic rings. The highest BCUT2D eigenvalue weighted by Crippen LogP contribution is 2.25. The highest BCUT2D eigenvalue weighted by atomic mass is 35.5. The molecule has 0 heterocycles. The Labute approximate surface area is 258 Å². The second-order valence-electron chi connectivity index (χ2n) is 12.0. The first-order valence-corrected chi connectivity index (χ1v) is 14.8. The molecule has 0 saturated heterocycles. The average molecular weight is 615 g/mol. The Balaban J connectivity index is 0.0000168. The summed E-state index contributed by atoms with van der Waals surface area (Å²) < 4.78 is 10.9. The normalized spacial score (nSPS) is 14.2. The van der Waals surface area contributed by atoms with Crippen molar-refractivity contribution in [2.24, 2.45) is 41.1 Å². The van der Waals surface area contributed by atoms with Gasteiger partial charge in [-0.15, -0.1) is 12.4 Å². The van der Waals surface area contributed by atoms with Crippen molar-refractivity contribution in [1.82, 2.24) is 10.2 Å². The second-order valence-corrected chi connectivity index (χ2v) is 12.0. The number of carbonyl (C=O) groups is 3. The number of ether oxygens (including phenoxy) is 2. The minimum atomic E-state index is -0.968. The number of imide groups is 1. The van der Waals surface area contributed by atoms with E-state index in [4.69, 9.17) is 20.9 Å². The van der Waals surface area contributed by atoms with Crippen molar-refractivity contribution in [3.63, 3.8) is 0 Å². The van der Waals surface area contributed by atoms with Gasteiger partial charge < -0.3 is 31.4 Å². The number of nitrogens with zero attached hydrogens (tertiary/aromatic N) is 1. The van der Waals surface area contributed by atoms with Crippen LogP contribution in [0.3, 0.4) is 0 Å². The zero-order valence-electron chi connectivity index (χ0n) is 26.5. The third-order valence-electron chi connectivity index (χ3n) is 7.37. The van der Waals surface area contributed by atoms with Gasteiger partial charge in [0.15, 0.2) is 0 Å². The Morgan fingerprint density at radius 1 is 0.976 bits per heavy atom. The summed E-state index contributed by atoms with van der Waals surface area (Å²) in [6.07, 6.45) is 1.29. The molecule has 10 nitrogen and oxygen atoms in total. The number of hydrogen-bond acceptors (Lipinski definition) is 7. The Morgan fingerprint density at radius 2 is 1.60 bits per heavy atom. The van der Waals surface area contributed by atoms with Crippen LogP contribution in [0.2, 0.25) is 0 Å².